The molecule has 1 aromatic heterocycles. The molecule has 0 radical (unpaired) electrons. The van der Waals surface area contributed by atoms with Crippen molar-refractivity contribution in [3.63, 3.8) is 0 Å². The van der Waals surface area contributed by atoms with E-state index in [1.165, 1.54) is 12.8 Å². The summed E-state index contributed by atoms with van der Waals surface area (Å²) in [5.41, 5.74) is 0.671. The van der Waals surface area contributed by atoms with Crippen molar-refractivity contribution in [3.8, 4) is 0 Å². The van der Waals surface area contributed by atoms with Gasteiger partial charge in [0, 0.05) is 12.5 Å². The van der Waals surface area contributed by atoms with Gasteiger partial charge in [0.1, 0.15) is 0 Å². The number of halogens is 1. The van der Waals surface area contributed by atoms with Gasteiger partial charge >= 0.3 is 0 Å². The van der Waals surface area contributed by atoms with Crippen molar-refractivity contribution < 1.29 is 13.9 Å². The van der Waals surface area contributed by atoms with Gasteiger partial charge in [-0.15, -0.1) is 0 Å². The Morgan fingerprint density at radius 1 is 1.39 bits per heavy atom. The first-order valence-corrected chi connectivity index (χ1v) is 7.41. The molecule has 2 fully saturated rings. The Labute approximate surface area is 115 Å². The van der Waals surface area contributed by atoms with E-state index in [0.29, 0.717) is 16.8 Å². The monoisotopic (exact) mass is 312 g/mol. The van der Waals surface area contributed by atoms with Crippen LogP contribution in [0.4, 0.5) is 0 Å². The molecule has 0 aromatic carbocycles. The van der Waals surface area contributed by atoms with Crippen molar-refractivity contribution in [2.45, 2.75) is 44.1 Å². The molecule has 0 amide bonds. The minimum atomic E-state index is -0.00517. The average Bonchev–Trinajstić information content (AvgIpc) is 2.98. The topological polar surface area (TPSA) is 39.4 Å². The molecule has 3 rings (SSSR count). The number of hydrogen-bond donors (Lipinski definition) is 0. The molecule has 98 valence electrons. The Hall–Kier alpha value is -0.610. The number of rotatable bonds is 2. The number of furan rings is 1. The van der Waals surface area contributed by atoms with Gasteiger partial charge in [-0.2, -0.15) is 0 Å². The lowest BCUT2D eigenvalue weighted by Gasteiger charge is -2.37. The second kappa shape index (κ2) is 4.82. The van der Waals surface area contributed by atoms with E-state index in [4.69, 9.17) is 9.15 Å². The van der Waals surface area contributed by atoms with Gasteiger partial charge in [-0.25, -0.2) is 0 Å². The summed E-state index contributed by atoms with van der Waals surface area (Å²) in [6.07, 6.45) is 7.96. The highest BCUT2D eigenvalue weighted by atomic mass is 79.9. The SMILES string of the molecule is O=C(c1ccoc1Br)C1CCOC2(CCCC2)C1. The van der Waals surface area contributed by atoms with Crippen LogP contribution in [-0.4, -0.2) is 18.0 Å². The largest absolute Gasteiger partial charge is 0.457 e. The summed E-state index contributed by atoms with van der Waals surface area (Å²) >= 11 is 3.29. The van der Waals surface area contributed by atoms with Crippen LogP contribution in [0.5, 0.6) is 0 Å². The van der Waals surface area contributed by atoms with E-state index >= 15 is 0 Å². The predicted octanol–water partition coefficient (Wildman–Crippen LogP) is 3.96. The van der Waals surface area contributed by atoms with Crippen LogP contribution in [0.2, 0.25) is 0 Å². The van der Waals surface area contributed by atoms with Crippen LogP contribution >= 0.6 is 15.9 Å². The molecule has 1 saturated heterocycles. The van der Waals surface area contributed by atoms with E-state index < -0.39 is 0 Å². The summed E-state index contributed by atoms with van der Waals surface area (Å²) in [6, 6.07) is 1.75. The Balaban J connectivity index is 1.76. The first-order valence-electron chi connectivity index (χ1n) is 6.61. The molecule has 1 atom stereocenters. The molecule has 1 saturated carbocycles. The molecule has 2 aliphatic rings. The van der Waals surface area contributed by atoms with Crippen molar-refractivity contribution in [2.75, 3.05) is 6.61 Å². The van der Waals surface area contributed by atoms with Gasteiger partial charge in [-0.1, -0.05) is 12.8 Å². The summed E-state index contributed by atoms with van der Waals surface area (Å²) in [4.78, 5) is 12.5. The fourth-order valence-corrected chi connectivity index (χ4v) is 3.74. The quantitative estimate of drug-likeness (QED) is 0.776. The van der Waals surface area contributed by atoms with Crippen molar-refractivity contribution in [1.29, 1.82) is 0 Å². The number of carbonyl (C=O) groups excluding carboxylic acids is 1. The first-order chi connectivity index (χ1) is 8.70. The minimum absolute atomic E-state index is 0.00517. The first kappa shape index (κ1) is 12.4. The third-order valence-corrected chi connectivity index (χ3v) is 4.88. The minimum Gasteiger partial charge on any atom is -0.457 e. The van der Waals surface area contributed by atoms with Gasteiger partial charge in [-0.05, 0) is 47.7 Å². The van der Waals surface area contributed by atoms with E-state index in [1.54, 1.807) is 12.3 Å². The standard InChI is InChI=1S/C14H17BrO3/c15-13-11(4-7-17-13)12(16)10-3-8-18-14(9-10)5-1-2-6-14/h4,7,10H,1-3,5-6,8-9H2. The van der Waals surface area contributed by atoms with Crippen LogP contribution in [-0.2, 0) is 4.74 Å². The molecular weight excluding hydrogens is 296 g/mol. The summed E-state index contributed by atoms with van der Waals surface area (Å²) < 4.78 is 11.7. The van der Waals surface area contributed by atoms with Gasteiger partial charge in [0.05, 0.1) is 17.4 Å². The molecule has 18 heavy (non-hydrogen) atoms. The maximum atomic E-state index is 12.5. The van der Waals surface area contributed by atoms with E-state index in [2.05, 4.69) is 15.9 Å². The van der Waals surface area contributed by atoms with Crippen LogP contribution in [0, 0.1) is 5.92 Å². The van der Waals surface area contributed by atoms with E-state index in [9.17, 15) is 4.79 Å². The van der Waals surface area contributed by atoms with Crippen molar-refractivity contribution in [1.82, 2.24) is 0 Å². The van der Waals surface area contributed by atoms with Crippen LogP contribution in [0.15, 0.2) is 21.4 Å². The zero-order valence-electron chi connectivity index (χ0n) is 10.3. The molecule has 1 spiro atoms. The molecular formula is C14H17BrO3. The Kier molecular flexibility index (Phi) is 3.32. The Bertz CT molecular complexity index is 446. The van der Waals surface area contributed by atoms with Crippen molar-refractivity contribution >= 4 is 21.7 Å². The normalized spacial score (nSPS) is 26.6. The summed E-state index contributed by atoms with van der Waals surface area (Å²) in [5.74, 6) is 0.288. The molecule has 1 aliphatic heterocycles. The highest BCUT2D eigenvalue weighted by Gasteiger charge is 2.42. The predicted molar refractivity (Wildman–Crippen MR) is 70.6 cm³/mol. The second-order valence-corrected chi connectivity index (χ2v) is 6.12. The van der Waals surface area contributed by atoms with E-state index in [0.717, 1.165) is 25.7 Å². The number of ether oxygens (including phenoxy) is 1. The lowest BCUT2D eigenvalue weighted by atomic mass is 9.81. The maximum absolute atomic E-state index is 12.5. The molecule has 1 aromatic rings. The molecule has 0 bridgehead atoms. The number of Topliss-reactive ketones (excluding diaryl/α,β-unsaturated/α-hetero) is 1. The number of ketones is 1. The van der Waals surface area contributed by atoms with Crippen molar-refractivity contribution in [2.24, 2.45) is 5.92 Å². The fraction of sp³-hybridized carbons (Fsp3) is 0.643. The highest BCUT2D eigenvalue weighted by molar-refractivity contribution is 9.10. The molecule has 3 nitrogen and oxygen atoms in total. The average molecular weight is 313 g/mol. The van der Waals surface area contributed by atoms with Crippen molar-refractivity contribution in [3.05, 3.63) is 22.6 Å². The van der Waals surface area contributed by atoms with Gasteiger partial charge in [-0.3, -0.25) is 4.79 Å². The molecule has 0 N–H and O–H groups in total. The Morgan fingerprint density at radius 3 is 2.83 bits per heavy atom. The van der Waals surface area contributed by atoms with Gasteiger partial charge in [0.15, 0.2) is 10.5 Å². The zero-order valence-corrected chi connectivity index (χ0v) is 11.9. The van der Waals surface area contributed by atoms with Crippen LogP contribution in [0.3, 0.4) is 0 Å². The second-order valence-electron chi connectivity index (χ2n) is 5.40. The maximum Gasteiger partial charge on any atom is 0.179 e. The lowest BCUT2D eigenvalue weighted by Crippen LogP contribution is -2.39. The fourth-order valence-electron chi connectivity index (χ4n) is 3.31. The van der Waals surface area contributed by atoms with E-state index in [-0.39, 0.29) is 17.3 Å². The molecule has 4 heteroatoms. The summed E-state index contributed by atoms with van der Waals surface area (Å²) in [7, 11) is 0. The van der Waals surface area contributed by atoms with Crippen LogP contribution in [0.25, 0.3) is 0 Å². The molecule has 1 aliphatic carbocycles. The van der Waals surface area contributed by atoms with Gasteiger partial charge in [0.2, 0.25) is 0 Å². The van der Waals surface area contributed by atoms with Crippen LogP contribution in [0.1, 0.15) is 48.9 Å². The summed E-state index contributed by atoms with van der Waals surface area (Å²) in [6.45, 7) is 0.714. The Morgan fingerprint density at radius 2 is 2.17 bits per heavy atom. The third-order valence-electron chi connectivity index (χ3n) is 4.26. The third kappa shape index (κ3) is 2.16. The van der Waals surface area contributed by atoms with Crippen LogP contribution < -0.4 is 0 Å². The van der Waals surface area contributed by atoms with E-state index in [1.807, 2.05) is 0 Å². The summed E-state index contributed by atoms with van der Waals surface area (Å²) in [5, 5.41) is 0. The van der Waals surface area contributed by atoms with Gasteiger partial charge < -0.3 is 9.15 Å². The molecule has 2 heterocycles. The molecule has 1 unspecified atom stereocenters. The number of hydrogen-bond acceptors (Lipinski definition) is 3. The number of carbonyl (C=O) groups is 1. The van der Waals surface area contributed by atoms with Gasteiger partial charge in [0.25, 0.3) is 0 Å². The highest BCUT2D eigenvalue weighted by Crippen LogP contribution is 2.43. The smallest absolute Gasteiger partial charge is 0.179 e. The lowest BCUT2D eigenvalue weighted by molar-refractivity contribution is -0.0866. The zero-order chi connectivity index (χ0) is 12.6.